The van der Waals surface area contributed by atoms with Crippen molar-refractivity contribution in [3.05, 3.63) is 59.9 Å². The number of tetrazole rings is 1. The number of benzene rings is 2. The van der Waals surface area contributed by atoms with Gasteiger partial charge in [0.25, 0.3) is 0 Å². The lowest BCUT2D eigenvalue weighted by Gasteiger charge is -2.02. The van der Waals surface area contributed by atoms with Gasteiger partial charge in [0.15, 0.2) is 0 Å². The highest BCUT2D eigenvalue weighted by atomic mass is 19.1. The first kappa shape index (κ1) is 12.4. The second-order valence-electron chi connectivity index (χ2n) is 4.29. The van der Waals surface area contributed by atoms with E-state index in [2.05, 4.69) is 15.4 Å². The lowest BCUT2D eigenvalue weighted by Crippen LogP contribution is -2.03. The molecule has 3 rings (SSSR count). The molecule has 2 aromatic carbocycles. The van der Waals surface area contributed by atoms with E-state index in [4.69, 9.17) is 5.73 Å². The summed E-state index contributed by atoms with van der Waals surface area (Å²) >= 11 is 0. The van der Waals surface area contributed by atoms with E-state index in [9.17, 15) is 4.39 Å². The van der Waals surface area contributed by atoms with Crippen molar-refractivity contribution in [2.45, 2.75) is 6.54 Å². The molecule has 0 radical (unpaired) electrons. The number of hydrogen-bond donors (Lipinski definition) is 1. The Hall–Kier alpha value is -2.60. The van der Waals surface area contributed by atoms with Gasteiger partial charge in [-0.2, -0.15) is 0 Å². The second-order valence-corrected chi connectivity index (χ2v) is 4.29. The molecule has 6 heteroatoms. The molecular formula is C14H12FN5. The number of nitrogens with two attached hydrogens (primary N) is 1. The van der Waals surface area contributed by atoms with Crippen LogP contribution in [0, 0.1) is 5.82 Å². The average Bonchev–Trinajstić information content (AvgIpc) is 2.97. The zero-order valence-corrected chi connectivity index (χ0v) is 10.6. The highest BCUT2D eigenvalue weighted by Gasteiger charge is 2.08. The molecule has 5 nitrogen and oxygen atoms in total. The van der Waals surface area contributed by atoms with Gasteiger partial charge in [-0.1, -0.05) is 30.3 Å². The molecule has 0 atom stereocenters. The van der Waals surface area contributed by atoms with Crippen LogP contribution >= 0.6 is 0 Å². The van der Waals surface area contributed by atoms with Gasteiger partial charge >= 0.3 is 0 Å². The monoisotopic (exact) mass is 269 g/mol. The normalized spacial score (nSPS) is 10.7. The molecule has 2 N–H and O–H groups in total. The first-order valence-electron chi connectivity index (χ1n) is 6.11. The number of nitrogens with zero attached hydrogens (tertiary/aromatic N) is 4. The highest BCUT2D eigenvalue weighted by molar-refractivity contribution is 5.53. The summed E-state index contributed by atoms with van der Waals surface area (Å²) in [6.07, 6.45) is 0. The van der Waals surface area contributed by atoms with Crippen LogP contribution in [0.15, 0.2) is 48.5 Å². The Labute approximate surface area is 114 Å². The lowest BCUT2D eigenvalue weighted by molar-refractivity contribution is 0.618. The zero-order valence-electron chi connectivity index (χ0n) is 10.6. The summed E-state index contributed by atoms with van der Waals surface area (Å²) in [5, 5.41) is 12.2. The van der Waals surface area contributed by atoms with Crippen molar-refractivity contribution in [2.24, 2.45) is 5.73 Å². The number of hydrogen-bond acceptors (Lipinski definition) is 4. The molecule has 100 valence electrons. The Morgan fingerprint density at radius 3 is 2.65 bits per heavy atom. The van der Waals surface area contributed by atoms with Crippen LogP contribution in [0.1, 0.15) is 5.56 Å². The minimum absolute atomic E-state index is 0.255. The minimum atomic E-state index is -0.374. The summed E-state index contributed by atoms with van der Waals surface area (Å²) in [5.41, 5.74) is 7.56. The van der Waals surface area contributed by atoms with Crippen molar-refractivity contribution in [1.29, 1.82) is 0 Å². The van der Waals surface area contributed by atoms with Crippen molar-refractivity contribution in [2.75, 3.05) is 0 Å². The largest absolute Gasteiger partial charge is 0.326 e. The van der Waals surface area contributed by atoms with E-state index >= 15 is 0 Å². The molecule has 20 heavy (non-hydrogen) atoms. The van der Waals surface area contributed by atoms with E-state index < -0.39 is 0 Å². The molecule has 0 aliphatic rings. The molecular weight excluding hydrogens is 257 g/mol. The van der Waals surface area contributed by atoms with Gasteiger partial charge in [0.1, 0.15) is 5.82 Å². The first-order chi connectivity index (χ1) is 9.76. The van der Waals surface area contributed by atoms with Crippen LogP contribution in [-0.2, 0) is 6.54 Å². The predicted octanol–water partition coefficient (Wildman–Crippen LogP) is 1.93. The highest BCUT2D eigenvalue weighted by Crippen LogP contribution is 2.15. The summed E-state index contributed by atoms with van der Waals surface area (Å²) < 4.78 is 13.5. The second kappa shape index (κ2) is 5.18. The van der Waals surface area contributed by atoms with E-state index in [1.807, 2.05) is 30.3 Å². The topological polar surface area (TPSA) is 69.6 Å². The molecule has 1 aromatic heterocycles. The maximum atomic E-state index is 13.5. The third kappa shape index (κ3) is 2.41. The van der Waals surface area contributed by atoms with E-state index in [0.29, 0.717) is 17.1 Å². The van der Waals surface area contributed by atoms with Gasteiger partial charge in [-0.05, 0) is 22.9 Å². The summed E-state index contributed by atoms with van der Waals surface area (Å²) in [6.45, 7) is 0.255. The van der Waals surface area contributed by atoms with Crippen molar-refractivity contribution in [1.82, 2.24) is 20.2 Å². The molecule has 0 spiro atoms. The molecule has 0 saturated carbocycles. The molecule has 1 heterocycles. The van der Waals surface area contributed by atoms with Crippen molar-refractivity contribution in [3.8, 4) is 17.1 Å². The van der Waals surface area contributed by atoms with Gasteiger partial charge < -0.3 is 5.73 Å². The van der Waals surface area contributed by atoms with Gasteiger partial charge in [0.05, 0.1) is 5.69 Å². The van der Waals surface area contributed by atoms with E-state index in [1.165, 1.54) is 16.9 Å². The molecule has 0 aliphatic heterocycles. The molecule has 0 aliphatic carbocycles. The molecule has 0 bridgehead atoms. The van der Waals surface area contributed by atoms with Crippen molar-refractivity contribution >= 4 is 0 Å². The van der Waals surface area contributed by atoms with Gasteiger partial charge in [-0.25, -0.2) is 4.39 Å². The van der Waals surface area contributed by atoms with Gasteiger partial charge in [0, 0.05) is 18.2 Å². The Morgan fingerprint density at radius 1 is 1.10 bits per heavy atom. The number of aromatic nitrogens is 4. The quantitative estimate of drug-likeness (QED) is 0.788. The predicted molar refractivity (Wildman–Crippen MR) is 72.4 cm³/mol. The van der Waals surface area contributed by atoms with Crippen LogP contribution in [0.5, 0.6) is 0 Å². The Kier molecular flexibility index (Phi) is 3.22. The van der Waals surface area contributed by atoms with Crippen molar-refractivity contribution in [3.63, 3.8) is 0 Å². The third-order valence-corrected chi connectivity index (χ3v) is 2.85. The lowest BCUT2D eigenvalue weighted by atomic mass is 10.2. The van der Waals surface area contributed by atoms with E-state index in [-0.39, 0.29) is 12.4 Å². The van der Waals surface area contributed by atoms with Gasteiger partial charge in [-0.15, -0.1) is 15.0 Å². The van der Waals surface area contributed by atoms with Crippen LogP contribution in [0.3, 0.4) is 0 Å². The maximum Gasteiger partial charge on any atom is 0.205 e. The SMILES string of the molecule is NCc1cc(F)cc(-n2nnc(-c3ccccc3)n2)c1. The Balaban J connectivity index is 2.00. The Bertz CT molecular complexity index is 723. The van der Waals surface area contributed by atoms with Gasteiger partial charge in [0.2, 0.25) is 5.82 Å². The molecule has 0 fully saturated rings. The summed E-state index contributed by atoms with van der Waals surface area (Å²) in [7, 11) is 0. The maximum absolute atomic E-state index is 13.5. The fourth-order valence-electron chi connectivity index (χ4n) is 1.89. The average molecular weight is 269 g/mol. The standard InChI is InChI=1S/C14H12FN5/c15-12-6-10(9-16)7-13(8-12)20-18-14(17-19-20)11-4-2-1-3-5-11/h1-8H,9,16H2. The first-order valence-corrected chi connectivity index (χ1v) is 6.11. The summed E-state index contributed by atoms with van der Waals surface area (Å²) in [5.74, 6) is 0.116. The number of rotatable bonds is 3. The molecule has 0 amide bonds. The summed E-state index contributed by atoms with van der Waals surface area (Å²) in [4.78, 5) is 1.30. The van der Waals surface area contributed by atoms with Crippen LogP contribution in [0.25, 0.3) is 17.1 Å². The molecule has 0 unspecified atom stereocenters. The summed E-state index contributed by atoms with van der Waals surface area (Å²) in [6, 6.07) is 13.9. The third-order valence-electron chi connectivity index (χ3n) is 2.85. The van der Waals surface area contributed by atoms with E-state index in [0.717, 1.165) is 5.56 Å². The fraction of sp³-hybridized carbons (Fsp3) is 0.0714. The zero-order chi connectivity index (χ0) is 13.9. The van der Waals surface area contributed by atoms with E-state index in [1.54, 1.807) is 6.07 Å². The smallest absolute Gasteiger partial charge is 0.205 e. The van der Waals surface area contributed by atoms with Crippen LogP contribution < -0.4 is 5.73 Å². The Morgan fingerprint density at radius 2 is 1.90 bits per heavy atom. The van der Waals surface area contributed by atoms with Crippen LogP contribution in [-0.4, -0.2) is 20.2 Å². The minimum Gasteiger partial charge on any atom is -0.326 e. The van der Waals surface area contributed by atoms with Crippen LogP contribution in [0.2, 0.25) is 0 Å². The number of halogens is 1. The van der Waals surface area contributed by atoms with Crippen LogP contribution in [0.4, 0.5) is 4.39 Å². The molecule has 3 aromatic rings. The fourth-order valence-corrected chi connectivity index (χ4v) is 1.89. The molecule has 0 saturated heterocycles. The van der Waals surface area contributed by atoms with Gasteiger partial charge in [-0.3, -0.25) is 0 Å². The van der Waals surface area contributed by atoms with Crippen molar-refractivity contribution < 1.29 is 4.39 Å².